The molecule has 0 bridgehead atoms. The molecule has 0 radical (unpaired) electrons. The van der Waals surface area contributed by atoms with Crippen molar-refractivity contribution in [3.63, 3.8) is 0 Å². The predicted octanol–water partition coefficient (Wildman–Crippen LogP) is 3.81. The molecule has 3 rings (SSSR count). The summed E-state index contributed by atoms with van der Waals surface area (Å²) in [6, 6.07) is 9.05. The summed E-state index contributed by atoms with van der Waals surface area (Å²) in [5.41, 5.74) is 3.28. The Balaban J connectivity index is 2.68. The highest BCUT2D eigenvalue weighted by Gasteiger charge is 2.20. The second kappa shape index (κ2) is 5.04. The van der Waals surface area contributed by atoms with E-state index in [1.165, 1.54) is 6.07 Å². The Morgan fingerprint density at radius 3 is 2.50 bits per heavy atom. The number of benzene rings is 2. The molecule has 1 aromatic heterocycles. The maximum absolute atomic E-state index is 11.8. The van der Waals surface area contributed by atoms with E-state index in [0.717, 1.165) is 39.4 Å². The third-order valence-corrected chi connectivity index (χ3v) is 5.03. The van der Waals surface area contributed by atoms with E-state index in [2.05, 4.69) is 11.9 Å². The van der Waals surface area contributed by atoms with E-state index >= 15 is 0 Å². The zero-order valence-electron chi connectivity index (χ0n) is 12.7. The van der Waals surface area contributed by atoms with Crippen LogP contribution in [-0.4, -0.2) is 18.0 Å². The maximum atomic E-state index is 11.8. The zero-order valence-corrected chi connectivity index (χ0v) is 13.5. The van der Waals surface area contributed by atoms with Gasteiger partial charge in [0.05, 0.1) is 5.52 Å². The SMILES string of the molecule is CCc1c(C)nc2c(S(=O)(=O)O)cc3ccccc3c2c1C. The van der Waals surface area contributed by atoms with Gasteiger partial charge >= 0.3 is 0 Å². The smallest absolute Gasteiger partial charge is 0.282 e. The minimum Gasteiger partial charge on any atom is -0.282 e. The van der Waals surface area contributed by atoms with Crippen LogP contribution in [0.3, 0.4) is 0 Å². The molecule has 0 spiro atoms. The molecule has 1 heterocycles. The molecule has 3 aromatic rings. The van der Waals surface area contributed by atoms with Crippen molar-refractivity contribution in [2.45, 2.75) is 32.1 Å². The van der Waals surface area contributed by atoms with Crippen LogP contribution in [0.15, 0.2) is 35.2 Å². The fourth-order valence-corrected chi connectivity index (χ4v) is 3.84. The van der Waals surface area contributed by atoms with Gasteiger partial charge < -0.3 is 0 Å². The van der Waals surface area contributed by atoms with Crippen LogP contribution in [0, 0.1) is 13.8 Å². The summed E-state index contributed by atoms with van der Waals surface area (Å²) in [5.74, 6) is 0. The standard InChI is InChI=1S/C17H17NO3S/c1-4-13-10(2)16-14-8-6-5-7-12(14)9-15(22(19,20)21)17(16)18-11(13)3/h5-9H,4H2,1-3H3,(H,19,20,21). The summed E-state index contributed by atoms with van der Waals surface area (Å²) in [7, 11) is -4.34. The molecule has 0 unspecified atom stereocenters. The van der Waals surface area contributed by atoms with Gasteiger partial charge in [0.15, 0.2) is 0 Å². The van der Waals surface area contributed by atoms with Gasteiger partial charge in [-0.15, -0.1) is 0 Å². The molecule has 114 valence electrons. The quantitative estimate of drug-likeness (QED) is 0.577. The van der Waals surface area contributed by atoms with E-state index in [-0.39, 0.29) is 4.90 Å². The van der Waals surface area contributed by atoms with Crippen LogP contribution in [-0.2, 0) is 16.5 Å². The summed E-state index contributed by atoms with van der Waals surface area (Å²) in [6.45, 7) is 5.90. The number of nitrogens with zero attached hydrogens (tertiary/aromatic N) is 1. The lowest BCUT2D eigenvalue weighted by atomic mass is 9.96. The molecule has 0 aliphatic heterocycles. The highest BCUT2D eigenvalue weighted by atomic mass is 32.2. The van der Waals surface area contributed by atoms with Gasteiger partial charge in [-0.1, -0.05) is 31.2 Å². The summed E-state index contributed by atoms with van der Waals surface area (Å²) in [5, 5.41) is 2.52. The van der Waals surface area contributed by atoms with Crippen molar-refractivity contribution < 1.29 is 13.0 Å². The minimum atomic E-state index is -4.34. The van der Waals surface area contributed by atoms with Crippen LogP contribution in [0.25, 0.3) is 21.7 Å². The van der Waals surface area contributed by atoms with E-state index in [1.807, 2.05) is 38.1 Å². The van der Waals surface area contributed by atoms with Crippen molar-refractivity contribution in [2.24, 2.45) is 0 Å². The molecule has 4 nitrogen and oxygen atoms in total. The van der Waals surface area contributed by atoms with Gasteiger partial charge in [-0.05, 0) is 48.2 Å². The van der Waals surface area contributed by atoms with E-state index in [4.69, 9.17) is 0 Å². The highest BCUT2D eigenvalue weighted by Crippen LogP contribution is 2.34. The maximum Gasteiger partial charge on any atom is 0.296 e. The van der Waals surface area contributed by atoms with Gasteiger partial charge in [-0.2, -0.15) is 8.42 Å². The average molecular weight is 315 g/mol. The predicted molar refractivity (Wildman–Crippen MR) is 87.9 cm³/mol. The fraction of sp³-hybridized carbons (Fsp3) is 0.235. The summed E-state index contributed by atoms with van der Waals surface area (Å²) in [4.78, 5) is 4.36. The molecular formula is C17H17NO3S. The van der Waals surface area contributed by atoms with Crippen LogP contribution in [0.5, 0.6) is 0 Å². The largest absolute Gasteiger partial charge is 0.296 e. The molecule has 0 atom stereocenters. The molecule has 1 N–H and O–H groups in total. The Kier molecular flexibility index (Phi) is 3.42. The number of hydrogen-bond acceptors (Lipinski definition) is 3. The van der Waals surface area contributed by atoms with Gasteiger partial charge in [0, 0.05) is 11.1 Å². The lowest BCUT2D eigenvalue weighted by molar-refractivity contribution is 0.484. The molecule has 5 heteroatoms. The molecular weight excluding hydrogens is 298 g/mol. The van der Waals surface area contributed by atoms with Gasteiger partial charge in [0.2, 0.25) is 0 Å². The molecule has 0 saturated heterocycles. The summed E-state index contributed by atoms with van der Waals surface area (Å²) >= 11 is 0. The van der Waals surface area contributed by atoms with Crippen LogP contribution in [0.1, 0.15) is 23.7 Å². The van der Waals surface area contributed by atoms with Crippen LogP contribution >= 0.6 is 0 Å². The fourth-order valence-electron chi connectivity index (χ4n) is 3.18. The van der Waals surface area contributed by atoms with Crippen molar-refractivity contribution in [1.82, 2.24) is 4.98 Å². The molecule has 0 fully saturated rings. The molecule has 0 saturated carbocycles. The van der Waals surface area contributed by atoms with Gasteiger partial charge in [0.1, 0.15) is 4.90 Å². The Morgan fingerprint density at radius 1 is 1.18 bits per heavy atom. The molecule has 22 heavy (non-hydrogen) atoms. The first-order chi connectivity index (χ1) is 10.3. The second-order valence-corrected chi connectivity index (χ2v) is 6.84. The van der Waals surface area contributed by atoms with Crippen molar-refractivity contribution >= 4 is 31.8 Å². The van der Waals surface area contributed by atoms with Crippen LogP contribution < -0.4 is 0 Å². The summed E-state index contributed by atoms with van der Waals surface area (Å²) in [6.07, 6.45) is 0.824. The minimum absolute atomic E-state index is 0.130. The number of aromatic nitrogens is 1. The van der Waals surface area contributed by atoms with Crippen molar-refractivity contribution in [2.75, 3.05) is 0 Å². The van der Waals surface area contributed by atoms with E-state index in [9.17, 15) is 13.0 Å². The molecule has 0 aliphatic rings. The monoisotopic (exact) mass is 315 g/mol. The number of aryl methyl sites for hydroxylation is 2. The van der Waals surface area contributed by atoms with Crippen LogP contribution in [0.2, 0.25) is 0 Å². The topological polar surface area (TPSA) is 67.3 Å². The Bertz CT molecular complexity index is 1010. The number of hydrogen-bond donors (Lipinski definition) is 1. The second-order valence-electron chi connectivity index (χ2n) is 5.45. The normalized spacial score (nSPS) is 12.2. The van der Waals surface area contributed by atoms with Crippen molar-refractivity contribution in [3.05, 3.63) is 47.2 Å². The lowest BCUT2D eigenvalue weighted by Gasteiger charge is -2.15. The molecule has 0 amide bonds. The highest BCUT2D eigenvalue weighted by molar-refractivity contribution is 7.86. The first-order valence-corrected chi connectivity index (χ1v) is 8.57. The molecule has 0 aliphatic carbocycles. The number of rotatable bonds is 2. The Morgan fingerprint density at radius 2 is 1.86 bits per heavy atom. The van der Waals surface area contributed by atoms with E-state index in [1.54, 1.807) is 0 Å². The van der Waals surface area contributed by atoms with Gasteiger partial charge in [-0.25, -0.2) is 0 Å². The first-order valence-electron chi connectivity index (χ1n) is 7.13. The summed E-state index contributed by atoms with van der Waals surface area (Å²) < 4.78 is 33.2. The van der Waals surface area contributed by atoms with E-state index < -0.39 is 10.1 Å². The third kappa shape index (κ3) is 2.17. The molecule has 2 aromatic carbocycles. The Hall–Kier alpha value is -1.98. The van der Waals surface area contributed by atoms with Crippen molar-refractivity contribution in [3.8, 4) is 0 Å². The first kappa shape index (κ1) is 14.9. The van der Waals surface area contributed by atoms with Gasteiger partial charge in [-0.3, -0.25) is 9.54 Å². The average Bonchev–Trinajstić information content (AvgIpc) is 2.45. The number of pyridine rings is 1. The lowest BCUT2D eigenvalue weighted by Crippen LogP contribution is -2.05. The number of fused-ring (bicyclic) bond motifs is 3. The van der Waals surface area contributed by atoms with Crippen molar-refractivity contribution in [1.29, 1.82) is 0 Å². The van der Waals surface area contributed by atoms with Crippen LogP contribution in [0.4, 0.5) is 0 Å². The van der Waals surface area contributed by atoms with E-state index in [0.29, 0.717) is 5.52 Å². The third-order valence-electron chi connectivity index (χ3n) is 4.16. The van der Waals surface area contributed by atoms with Gasteiger partial charge in [0.25, 0.3) is 10.1 Å². The Labute approximate surface area is 129 Å². The zero-order chi connectivity index (χ0) is 16.1.